The van der Waals surface area contributed by atoms with Gasteiger partial charge in [-0.2, -0.15) is 4.31 Å². The zero-order chi connectivity index (χ0) is 16.5. The van der Waals surface area contributed by atoms with Gasteiger partial charge in [0, 0.05) is 7.05 Å². The average molecular weight is 336 g/mol. The molecule has 0 fully saturated rings. The van der Waals surface area contributed by atoms with Crippen molar-refractivity contribution in [3.63, 3.8) is 0 Å². The van der Waals surface area contributed by atoms with Crippen molar-refractivity contribution >= 4 is 20.0 Å². The Balaban J connectivity index is 3.24. The maximum absolute atomic E-state index is 12.4. The predicted octanol–water partition coefficient (Wildman–Crippen LogP) is -0.0139. The summed E-state index contributed by atoms with van der Waals surface area (Å²) < 4.78 is 51.2. The van der Waals surface area contributed by atoms with Gasteiger partial charge in [0.25, 0.3) is 0 Å². The van der Waals surface area contributed by atoms with Gasteiger partial charge in [0.05, 0.1) is 21.9 Å². The number of aliphatic hydroxyl groups is 1. The van der Waals surface area contributed by atoms with Crippen LogP contribution >= 0.6 is 0 Å². The molecule has 0 saturated carbocycles. The predicted molar refractivity (Wildman–Crippen MR) is 78.8 cm³/mol. The first-order valence-corrected chi connectivity index (χ1v) is 9.05. The van der Waals surface area contributed by atoms with E-state index in [1.54, 1.807) is 13.8 Å². The number of benzene rings is 1. The van der Waals surface area contributed by atoms with Gasteiger partial charge in [0.1, 0.15) is 0 Å². The van der Waals surface area contributed by atoms with Crippen LogP contribution in [0.1, 0.15) is 13.8 Å². The maximum Gasteiger partial charge on any atom is 0.243 e. The van der Waals surface area contributed by atoms with Crippen molar-refractivity contribution in [1.82, 2.24) is 9.03 Å². The Morgan fingerprint density at radius 1 is 1.10 bits per heavy atom. The number of nitrogens with zero attached hydrogens (tertiary/aromatic N) is 1. The van der Waals surface area contributed by atoms with E-state index >= 15 is 0 Å². The van der Waals surface area contributed by atoms with E-state index in [1.807, 2.05) is 0 Å². The number of hydrogen-bond acceptors (Lipinski definition) is 5. The van der Waals surface area contributed by atoms with Crippen LogP contribution in [0, 0.1) is 0 Å². The second kappa shape index (κ2) is 6.01. The highest BCUT2D eigenvalue weighted by Gasteiger charge is 2.33. The van der Waals surface area contributed by atoms with Crippen molar-refractivity contribution in [3.05, 3.63) is 24.3 Å². The van der Waals surface area contributed by atoms with Crippen molar-refractivity contribution < 1.29 is 21.9 Å². The van der Waals surface area contributed by atoms with E-state index in [1.165, 1.54) is 38.4 Å². The minimum Gasteiger partial charge on any atom is -0.394 e. The quantitative estimate of drug-likeness (QED) is 0.760. The number of aliphatic hydroxyl groups excluding tert-OH is 1. The van der Waals surface area contributed by atoms with E-state index in [-0.39, 0.29) is 16.4 Å². The molecule has 0 aromatic heterocycles. The maximum atomic E-state index is 12.4. The van der Waals surface area contributed by atoms with Crippen LogP contribution in [0.15, 0.2) is 34.1 Å². The highest BCUT2D eigenvalue weighted by molar-refractivity contribution is 7.89. The lowest BCUT2D eigenvalue weighted by Crippen LogP contribution is -2.47. The van der Waals surface area contributed by atoms with Gasteiger partial charge < -0.3 is 5.11 Å². The Hall–Kier alpha value is -1.00. The molecule has 21 heavy (non-hydrogen) atoms. The largest absolute Gasteiger partial charge is 0.394 e. The summed E-state index contributed by atoms with van der Waals surface area (Å²) >= 11 is 0. The van der Waals surface area contributed by atoms with Crippen molar-refractivity contribution in [2.75, 3.05) is 20.7 Å². The summed E-state index contributed by atoms with van der Waals surface area (Å²) in [4.78, 5) is -0.0606. The number of nitrogens with one attached hydrogen (secondary N) is 1. The molecule has 0 spiro atoms. The molecule has 0 aliphatic rings. The van der Waals surface area contributed by atoms with Gasteiger partial charge in [0.15, 0.2) is 0 Å². The molecule has 1 aromatic carbocycles. The van der Waals surface area contributed by atoms with Crippen molar-refractivity contribution in [2.45, 2.75) is 29.2 Å². The van der Waals surface area contributed by atoms with Crippen LogP contribution in [-0.4, -0.2) is 52.5 Å². The van der Waals surface area contributed by atoms with Crippen LogP contribution in [0.25, 0.3) is 0 Å². The minimum atomic E-state index is -3.82. The molecule has 0 atom stereocenters. The Morgan fingerprint density at radius 2 is 1.52 bits per heavy atom. The molecule has 0 radical (unpaired) electrons. The third-order valence-electron chi connectivity index (χ3n) is 3.30. The van der Waals surface area contributed by atoms with Gasteiger partial charge in [-0.1, -0.05) is 0 Å². The zero-order valence-electron chi connectivity index (χ0n) is 12.4. The Morgan fingerprint density at radius 3 is 1.90 bits per heavy atom. The fourth-order valence-corrected chi connectivity index (χ4v) is 3.73. The molecule has 0 amide bonds. The van der Waals surface area contributed by atoms with E-state index in [2.05, 4.69) is 4.72 Å². The number of sulfonamides is 2. The molecular weight excluding hydrogens is 316 g/mol. The van der Waals surface area contributed by atoms with Crippen LogP contribution in [0.5, 0.6) is 0 Å². The highest BCUT2D eigenvalue weighted by atomic mass is 32.2. The second-order valence-electron chi connectivity index (χ2n) is 5.12. The molecule has 1 aromatic rings. The van der Waals surface area contributed by atoms with E-state index in [0.29, 0.717) is 0 Å². The summed E-state index contributed by atoms with van der Waals surface area (Å²) in [5, 5.41) is 9.26. The number of hydrogen-bond donors (Lipinski definition) is 2. The van der Waals surface area contributed by atoms with Crippen molar-refractivity contribution in [2.24, 2.45) is 0 Å². The molecule has 0 unspecified atom stereocenters. The van der Waals surface area contributed by atoms with Gasteiger partial charge in [-0.05, 0) is 45.2 Å². The van der Waals surface area contributed by atoms with Gasteiger partial charge in [-0.15, -0.1) is 0 Å². The van der Waals surface area contributed by atoms with Crippen LogP contribution in [0.4, 0.5) is 0 Å². The molecule has 0 saturated heterocycles. The summed E-state index contributed by atoms with van der Waals surface area (Å²) in [6.45, 7) is 2.84. The second-order valence-corrected chi connectivity index (χ2v) is 8.98. The molecule has 0 heterocycles. The SMILES string of the molecule is CNS(=O)(=O)c1ccc(S(=O)(=O)N(C)C(C)(C)CO)cc1. The van der Waals surface area contributed by atoms with Gasteiger partial charge >= 0.3 is 0 Å². The van der Waals surface area contributed by atoms with Crippen LogP contribution in [0.2, 0.25) is 0 Å². The fraction of sp³-hybridized carbons (Fsp3) is 0.500. The molecule has 0 aliphatic carbocycles. The summed E-state index contributed by atoms with van der Waals surface area (Å²) in [6, 6.07) is 4.89. The van der Waals surface area contributed by atoms with Gasteiger partial charge in [-0.3, -0.25) is 0 Å². The molecule has 7 nitrogen and oxygen atoms in total. The standard InChI is InChI=1S/C12H20N2O5S2/c1-12(2,9-15)14(4)21(18,19)11-7-5-10(6-8-11)20(16,17)13-3/h5-8,13,15H,9H2,1-4H3. The van der Waals surface area contributed by atoms with Crippen LogP contribution in [0.3, 0.4) is 0 Å². The molecule has 120 valence electrons. The van der Waals surface area contributed by atoms with Crippen molar-refractivity contribution in [3.8, 4) is 0 Å². The summed E-state index contributed by atoms with van der Waals surface area (Å²) in [7, 11) is -4.79. The van der Waals surface area contributed by atoms with E-state index in [0.717, 1.165) is 4.31 Å². The summed E-state index contributed by atoms with van der Waals surface area (Å²) in [5.41, 5.74) is -0.964. The fourth-order valence-electron chi connectivity index (χ4n) is 1.49. The Bertz CT molecular complexity index is 694. The van der Waals surface area contributed by atoms with Crippen LogP contribution in [-0.2, 0) is 20.0 Å². The monoisotopic (exact) mass is 336 g/mol. The van der Waals surface area contributed by atoms with Gasteiger partial charge in [-0.25, -0.2) is 21.6 Å². The average Bonchev–Trinajstić information content (AvgIpc) is 2.46. The minimum absolute atomic E-state index is 0.0204. The summed E-state index contributed by atoms with van der Waals surface area (Å²) in [5.74, 6) is 0. The van der Waals surface area contributed by atoms with Crippen LogP contribution < -0.4 is 4.72 Å². The lowest BCUT2D eigenvalue weighted by Gasteiger charge is -2.32. The third-order valence-corrected chi connectivity index (χ3v) is 6.81. The zero-order valence-corrected chi connectivity index (χ0v) is 14.0. The van der Waals surface area contributed by atoms with Crippen molar-refractivity contribution in [1.29, 1.82) is 0 Å². The normalized spacial score (nSPS) is 13.6. The molecule has 0 bridgehead atoms. The molecule has 1 rings (SSSR count). The first-order valence-electron chi connectivity index (χ1n) is 6.12. The topological polar surface area (TPSA) is 104 Å². The first-order chi connectivity index (χ1) is 9.49. The third kappa shape index (κ3) is 3.61. The molecule has 9 heteroatoms. The lowest BCUT2D eigenvalue weighted by atomic mass is 10.1. The molecule has 2 N–H and O–H groups in total. The van der Waals surface area contributed by atoms with E-state index < -0.39 is 25.6 Å². The van der Waals surface area contributed by atoms with Gasteiger partial charge in [0.2, 0.25) is 20.0 Å². The molecule has 0 aliphatic heterocycles. The number of rotatable bonds is 6. The Kier molecular flexibility index (Phi) is 5.17. The molecular formula is C12H20N2O5S2. The van der Waals surface area contributed by atoms with E-state index in [9.17, 15) is 21.9 Å². The summed E-state index contributed by atoms with van der Waals surface area (Å²) in [6.07, 6.45) is 0. The first kappa shape index (κ1) is 18.1. The van der Waals surface area contributed by atoms with E-state index in [4.69, 9.17) is 0 Å². The smallest absolute Gasteiger partial charge is 0.243 e. The highest BCUT2D eigenvalue weighted by Crippen LogP contribution is 2.23. The lowest BCUT2D eigenvalue weighted by molar-refractivity contribution is 0.138. The number of likely N-dealkylation sites (N-methyl/N-ethyl adjacent to an activating group) is 1. The Labute approximate surface area is 125 Å².